The van der Waals surface area contributed by atoms with Gasteiger partial charge in [-0.25, -0.2) is 5.48 Å². The van der Waals surface area contributed by atoms with E-state index in [-0.39, 0.29) is 6.61 Å². The molecule has 0 saturated carbocycles. The highest BCUT2D eigenvalue weighted by Gasteiger charge is 2.02. The van der Waals surface area contributed by atoms with E-state index in [9.17, 15) is 9.36 Å². The van der Waals surface area contributed by atoms with Gasteiger partial charge in [-0.2, -0.15) is 0 Å². The summed E-state index contributed by atoms with van der Waals surface area (Å²) in [7, 11) is -2.57. The van der Waals surface area contributed by atoms with Crippen molar-refractivity contribution in [1.82, 2.24) is 5.48 Å². The first-order valence-electron chi connectivity index (χ1n) is 2.93. The van der Waals surface area contributed by atoms with Crippen LogP contribution in [0, 0.1) is 0 Å². The van der Waals surface area contributed by atoms with Gasteiger partial charge in [0.1, 0.15) is 6.61 Å². The van der Waals surface area contributed by atoms with Gasteiger partial charge in [-0.3, -0.25) is 14.6 Å². The molecule has 0 aliphatic rings. The number of amides is 1. The smallest absolute Gasteiger partial charge is 0.311 e. The molecule has 0 saturated heterocycles. The van der Waals surface area contributed by atoms with Crippen LogP contribution in [-0.4, -0.2) is 24.3 Å². The molecule has 6 nitrogen and oxygen atoms in total. The third kappa shape index (κ3) is 6.00. The van der Waals surface area contributed by atoms with Gasteiger partial charge in [0.25, 0.3) is 5.91 Å². The minimum atomic E-state index is -2.57. The second-order valence-electron chi connectivity index (χ2n) is 1.51. The predicted octanol–water partition coefficient (Wildman–Crippen LogP) is -0.0654. The zero-order valence-corrected chi connectivity index (χ0v) is 6.99. The Hall–Kier alpha value is -0.420. The lowest BCUT2D eigenvalue weighted by Gasteiger charge is -2.01. The van der Waals surface area contributed by atoms with Crippen molar-refractivity contribution in [1.29, 1.82) is 0 Å². The molecular weight excluding hydrogens is 173 g/mol. The summed E-state index contributed by atoms with van der Waals surface area (Å²) in [5, 5.41) is 7.97. The zero-order valence-electron chi connectivity index (χ0n) is 5.99. The summed E-state index contributed by atoms with van der Waals surface area (Å²) in [6.45, 7) is 1.45. The van der Waals surface area contributed by atoms with Crippen LogP contribution in [0.1, 0.15) is 6.92 Å². The Morgan fingerprint density at radius 1 is 1.64 bits per heavy atom. The maximum atomic E-state index is 10.5. The highest BCUT2D eigenvalue weighted by molar-refractivity contribution is 7.33. The molecule has 0 aliphatic heterocycles. The summed E-state index contributed by atoms with van der Waals surface area (Å²) < 4.78 is 19.4. The van der Waals surface area contributed by atoms with Crippen LogP contribution >= 0.6 is 8.25 Å². The van der Waals surface area contributed by atoms with Gasteiger partial charge in [-0.15, -0.1) is 0 Å². The molecule has 1 amide bonds. The monoisotopic (exact) mass is 183 g/mol. The van der Waals surface area contributed by atoms with Crippen molar-refractivity contribution in [2.75, 3.05) is 13.2 Å². The lowest BCUT2D eigenvalue weighted by Crippen LogP contribution is -2.22. The summed E-state index contributed by atoms with van der Waals surface area (Å²) in [5.41, 5.74) is 1.32. The minimum absolute atomic E-state index is 0.262. The lowest BCUT2D eigenvalue weighted by atomic mass is 10.7. The molecule has 0 heterocycles. The van der Waals surface area contributed by atoms with Crippen molar-refractivity contribution in [2.24, 2.45) is 0 Å². The van der Waals surface area contributed by atoms with E-state index in [1.165, 1.54) is 5.48 Å². The summed E-state index contributed by atoms with van der Waals surface area (Å²) in [5.74, 6) is -0.761. The van der Waals surface area contributed by atoms with E-state index in [2.05, 4.69) is 9.05 Å². The highest BCUT2D eigenvalue weighted by atomic mass is 31.1. The third-order valence-electron chi connectivity index (χ3n) is 0.708. The molecule has 0 aromatic carbocycles. The molecule has 0 fully saturated rings. The summed E-state index contributed by atoms with van der Waals surface area (Å²) in [6.07, 6.45) is 0. The van der Waals surface area contributed by atoms with Crippen LogP contribution in [0.5, 0.6) is 0 Å². The van der Waals surface area contributed by atoms with Gasteiger partial charge in [0.2, 0.25) is 0 Å². The van der Waals surface area contributed by atoms with Gasteiger partial charge >= 0.3 is 8.25 Å². The standard InChI is InChI=1S/C4H10NO5P/c1-2-9-11(8)10-3-4(6)5-7/h7,11H,2-3H2,1H3,(H,5,6). The van der Waals surface area contributed by atoms with E-state index in [4.69, 9.17) is 5.21 Å². The maximum absolute atomic E-state index is 10.5. The molecule has 0 aliphatic carbocycles. The first-order valence-corrected chi connectivity index (χ1v) is 4.15. The van der Waals surface area contributed by atoms with Gasteiger partial charge in [-0.1, -0.05) is 0 Å². The van der Waals surface area contributed by atoms with E-state index in [1.54, 1.807) is 6.92 Å². The second-order valence-corrected chi connectivity index (χ2v) is 2.58. The molecule has 66 valence electrons. The maximum Gasteiger partial charge on any atom is 0.319 e. The molecule has 0 aromatic heterocycles. The van der Waals surface area contributed by atoms with Crippen molar-refractivity contribution >= 4 is 14.2 Å². The van der Waals surface area contributed by atoms with Crippen molar-refractivity contribution in [3.8, 4) is 0 Å². The van der Waals surface area contributed by atoms with E-state index in [0.29, 0.717) is 0 Å². The number of carbonyl (C=O) groups is 1. The topological polar surface area (TPSA) is 84.9 Å². The SMILES string of the molecule is CCO[PH](=O)OCC(=O)NO. The normalized spacial score (nSPS) is 12.5. The quantitative estimate of drug-likeness (QED) is 0.354. The Morgan fingerprint density at radius 2 is 2.27 bits per heavy atom. The Morgan fingerprint density at radius 3 is 2.73 bits per heavy atom. The Balaban J connectivity index is 3.38. The number of hydrogen-bond donors (Lipinski definition) is 2. The van der Waals surface area contributed by atoms with Crippen LogP contribution < -0.4 is 5.48 Å². The zero-order chi connectivity index (χ0) is 8.69. The summed E-state index contributed by atoms with van der Waals surface area (Å²) in [4.78, 5) is 10.3. The third-order valence-corrected chi connectivity index (χ3v) is 1.61. The largest absolute Gasteiger partial charge is 0.319 e. The lowest BCUT2D eigenvalue weighted by molar-refractivity contribution is -0.131. The van der Waals surface area contributed by atoms with E-state index >= 15 is 0 Å². The van der Waals surface area contributed by atoms with Crippen molar-refractivity contribution < 1.29 is 23.6 Å². The average molecular weight is 183 g/mol. The van der Waals surface area contributed by atoms with E-state index < -0.39 is 20.8 Å². The number of hydroxylamine groups is 1. The predicted molar refractivity (Wildman–Crippen MR) is 36.5 cm³/mol. The second kappa shape index (κ2) is 6.30. The van der Waals surface area contributed by atoms with Crippen LogP contribution in [0.4, 0.5) is 0 Å². The van der Waals surface area contributed by atoms with Gasteiger partial charge in [0.15, 0.2) is 0 Å². The molecule has 1 atom stereocenters. The van der Waals surface area contributed by atoms with E-state index in [1.807, 2.05) is 0 Å². The van der Waals surface area contributed by atoms with Gasteiger partial charge < -0.3 is 9.05 Å². The van der Waals surface area contributed by atoms with Gasteiger partial charge in [0.05, 0.1) is 6.61 Å². The van der Waals surface area contributed by atoms with Crippen LogP contribution in [0.3, 0.4) is 0 Å². The van der Waals surface area contributed by atoms with Crippen LogP contribution in [0.25, 0.3) is 0 Å². The van der Waals surface area contributed by atoms with Crippen LogP contribution in [-0.2, 0) is 18.4 Å². The molecular formula is C4H10NO5P. The Labute approximate surface area is 64.4 Å². The molecule has 0 radical (unpaired) electrons. The molecule has 7 heteroatoms. The first kappa shape index (κ1) is 10.6. The Bertz CT molecular complexity index is 149. The fourth-order valence-corrected chi connectivity index (χ4v) is 0.884. The molecule has 0 aromatic rings. The fourth-order valence-electron chi connectivity index (χ4n) is 0.316. The molecule has 11 heavy (non-hydrogen) atoms. The molecule has 0 rings (SSSR count). The average Bonchev–Trinajstić information content (AvgIpc) is 2.01. The van der Waals surface area contributed by atoms with Crippen molar-refractivity contribution in [3.05, 3.63) is 0 Å². The van der Waals surface area contributed by atoms with Gasteiger partial charge in [-0.05, 0) is 6.92 Å². The summed E-state index contributed by atoms with van der Waals surface area (Å²) >= 11 is 0. The van der Waals surface area contributed by atoms with Crippen molar-refractivity contribution in [2.45, 2.75) is 6.92 Å². The van der Waals surface area contributed by atoms with Crippen molar-refractivity contribution in [3.63, 3.8) is 0 Å². The number of nitrogens with one attached hydrogen (secondary N) is 1. The van der Waals surface area contributed by atoms with E-state index in [0.717, 1.165) is 0 Å². The van der Waals surface area contributed by atoms with Crippen LogP contribution in [0.15, 0.2) is 0 Å². The molecule has 0 bridgehead atoms. The molecule has 1 unspecified atom stereocenters. The molecule has 0 spiro atoms. The number of hydrogen-bond acceptors (Lipinski definition) is 5. The van der Waals surface area contributed by atoms with Crippen LogP contribution in [0.2, 0.25) is 0 Å². The fraction of sp³-hybridized carbons (Fsp3) is 0.750. The number of rotatable bonds is 5. The first-order chi connectivity index (χ1) is 5.20. The highest BCUT2D eigenvalue weighted by Crippen LogP contribution is 2.22. The Kier molecular flexibility index (Phi) is 6.06. The van der Waals surface area contributed by atoms with Gasteiger partial charge in [0, 0.05) is 0 Å². The summed E-state index contributed by atoms with van der Waals surface area (Å²) in [6, 6.07) is 0. The molecule has 2 N–H and O–H groups in total. The minimum Gasteiger partial charge on any atom is -0.311 e. The number of carbonyl (C=O) groups excluding carboxylic acids is 1.